The zero-order valence-electron chi connectivity index (χ0n) is 10.2. The van der Waals surface area contributed by atoms with Crippen LogP contribution in [0.25, 0.3) is 0 Å². The van der Waals surface area contributed by atoms with E-state index in [9.17, 15) is 4.79 Å². The molecule has 3 nitrogen and oxygen atoms in total. The Morgan fingerprint density at radius 3 is 3.24 bits per heavy atom. The van der Waals surface area contributed by atoms with E-state index in [1.807, 2.05) is 6.92 Å². The Labute approximate surface area is 106 Å². The van der Waals surface area contributed by atoms with Gasteiger partial charge in [-0.1, -0.05) is 0 Å². The van der Waals surface area contributed by atoms with Crippen LogP contribution in [0.1, 0.15) is 25.3 Å². The molecule has 0 spiro atoms. The zero-order chi connectivity index (χ0) is 12.1. The maximum absolute atomic E-state index is 11.7. The van der Waals surface area contributed by atoms with Crippen LogP contribution in [0.15, 0.2) is 16.8 Å². The summed E-state index contributed by atoms with van der Waals surface area (Å²) in [7, 11) is 0. The number of nitrogens with zero attached hydrogens (tertiary/aromatic N) is 1. The van der Waals surface area contributed by atoms with E-state index in [-0.39, 0.29) is 11.9 Å². The molecular weight excluding hydrogens is 234 g/mol. The first-order chi connectivity index (χ1) is 8.29. The van der Waals surface area contributed by atoms with Crippen molar-refractivity contribution in [2.75, 3.05) is 19.7 Å². The van der Waals surface area contributed by atoms with E-state index in [2.05, 4.69) is 21.7 Å². The summed E-state index contributed by atoms with van der Waals surface area (Å²) in [6.45, 7) is 5.24. The number of ether oxygens (including phenoxy) is 1. The smallest absolute Gasteiger partial charge is 0.310 e. The third kappa shape index (κ3) is 3.54. The molecule has 4 heteroatoms. The maximum Gasteiger partial charge on any atom is 0.310 e. The molecular formula is C13H19NO2S. The lowest BCUT2D eigenvalue weighted by Gasteiger charge is -2.31. The predicted molar refractivity (Wildman–Crippen MR) is 69.0 cm³/mol. The fourth-order valence-corrected chi connectivity index (χ4v) is 2.95. The lowest BCUT2D eigenvalue weighted by atomic mass is 9.98. The molecule has 1 aromatic rings. The summed E-state index contributed by atoms with van der Waals surface area (Å²) in [4.78, 5) is 14.1. The average molecular weight is 253 g/mol. The topological polar surface area (TPSA) is 29.5 Å². The number of hydrogen-bond acceptors (Lipinski definition) is 4. The van der Waals surface area contributed by atoms with Gasteiger partial charge in [0.2, 0.25) is 0 Å². The normalized spacial score (nSPS) is 21.4. The highest BCUT2D eigenvalue weighted by Gasteiger charge is 2.26. The zero-order valence-corrected chi connectivity index (χ0v) is 11.0. The number of piperidine rings is 1. The van der Waals surface area contributed by atoms with E-state index >= 15 is 0 Å². The van der Waals surface area contributed by atoms with Crippen LogP contribution in [0.5, 0.6) is 0 Å². The van der Waals surface area contributed by atoms with Crippen molar-refractivity contribution >= 4 is 17.3 Å². The largest absolute Gasteiger partial charge is 0.466 e. The first kappa shape index (κ1) is 12.6. The van der Waals surface area contributed by atoms with Gasteiger partial charge in [-0.15, -0.1) is 0 Å². The summed E-state index contributed by atoms with van der Waals surface area (Å²) < 4.78 is 5.10. The van der Waals surface area contributed by atoms with Gasteiger partial charge in [-0.2, -0.15) is 11.3 Å². The summed E-state index contributed by atoms with van der Waals surface area (Å²) in [5.74, 6) is 0.0462. The molecule has 2 rings (SSSR count). The van der Waals surface area contributed by atoms with Gasteiger partial charge in [0.15, 0.2) is 0 Å². The molecule has 0 aliphatic carbocycles. The fourth-order valence-electron chi connectivity index (χ4n) is 2.29. The second-order valence-electron chi connectivity index (χ2n) is 4.46. The van der Waals surface area contributed by atoms with Crippen molar-refractivity contribution in [3.63, 3.8) is 0 Å². The molecule has 94 valence electrons. The SMILES string of the molecule is CCOC(=O)[C@H]1CCCN(Cc2ccsc2)C1. The van der Waals surface area contributed by atoms with Crippen LogP contribution in [0.2, 0.25) is 0 Å². The van der Waals surface area contributed by atoms with E-state index in [1.165, 1.54) is 5.56 Å². The molecule has 1 aliphatic heterocycles. The van der Waals surface area contributed by atoms with E-state index in [1.54, 1.807) is 11.3 Å². The third-order valence-electron chi connectivity index (χ3n) is 3.11. The second kappa shape index (κ2) is 6.17. The molecule has 1 fully saturated rings. The summed E-state index contributed by atoms with van der Waals surface area (Å²) in [6, 6.07) is 2.15. The molecule has 0 unspecified atom stereocenters. The van der Waals surface area contributed by atoms with Gasteiger partial charge in [0, 0.05) is 13.1 Å². The Morgan fingerprint density at radius 1 is 1.65 bits per heavy atom. The van der Waals surface area contributed by atoms with Crippen LogP contribution < -0.4 is 0 Å². The van der Waals surface area contributed by atoms with Crippen LogP contribution in [0.4, 0.5) is 0 Å². The number of rotatable bonds is 4. The molecule has 0 saturated carbocycles. The summed E-state index contributed by atoms with van der Waals surface area (Å²) >= 11 is 1.73. The molecule has 0 N–H and O–H groups in total. The number of hydrogen-bond donors (Lipinski definition) is 0. The molecule has 0 aromatic carbocycles. The maximum atomic E-state index is 11.7. The minimum Gasteiger partial charge on any atom is -0.466 e. The van der Waals surface area contributed by atoms with Gasteiger partial charge in [0.1, 0.15) is 0 Å². The van der Waals surface area contributed by atoms with E-state index < -0.39 is 0 Å². The lowest BCUT2D eigenvalue weighted by molar-refractivity contribution is -0.150. The van der Waals surface area contributed by atoms with Gasteiger partial charge < -0.3 is 4.74 Å². The molecule has 0 radical (unpaired) electrons. The van der Waals surface area contributed by atoms with Crippen LogP contribution in [-0.2, 0) is 16.1 Å². The van der Waals surface area contributed by atoms with Crippen LogP contribution in [0, 0.1) is 5.92 Å². The fraction of sp³-hybridized carbons (Fsp3) is 0.615. The predicted octanol–water partition coefficient (Wildman–Crippen LogP) is 2.52. The van der Waals surface area contributed by atoms with Gasteiger partial charge in [-0.3, -0.25) is 9.69 Å². The molecule has 1 aromatic heterocycles. The molecule has 1 aliphatic rings. The summed E-state index contributed by atoms with van der Waals surface area (Å²) in [5, 5.41) is 4.27. The number of carbonyl (C=O) groups is 1. The van der Waals surface area contributed by atoms with Crippen LogP contribution in [0.3, 0.4) is 0 Å². The highest BCUT2D eigenvalue weighted by Crippen LogP contribution is 2.20. The standard InChI is InChI=1S/C13H19NO2S/c1-2-16-13(15)12-4-3-6-14(9-12)8-11-5-7-17-10-11/h5,7,10,12H,2-4,6,8-9H2,1H3/t12-/m0/s1. The molecule has 0 bridgehead atoms. The van der Waals surface area contributed by atoms with Gasteiger partial charge in [0.25, 0.3) is 0 Å². The Kier molecular flexibility index (Phi) is 4.57. The highest BCUT2D eigenvalue weighted by molar-refractivity contribution is 7.07. The molecule has 0 amide bonds. The minimum atomic E-state index is -0.0254. The van der Waals surface area contributed by atoms with Crippen molar-refractivity contribution < 1.29 is 9.53 Å². The molecule has 1 atom stereocenters. The van der Waals surface area contributed by atoms with Crippen LogP contribution in [-0.4, -0.2) is 30.6 Å². The van der Waals surface area contributed by atoms with Gasteiger partial charge in [-0.05, 0) is 48.7 Å². The van der Waals surface area contributed by atoms with Crippen molar-refractivity contribution in [1.29, 1.82) is 0 Å². The van der Waals surface area contributed by atoms with Crippen molar-refractivity contribution in [3.8, 4) is 0 Å². The third-order valence-corrected chi connectivity index (χ3v) is 3.84. The Balaban J connectivity index is 1.86. The van der Waals surface area contributed by atoms with E-state index in [0.29, 0.717) is 6.61 Å². The number of esters is 1. The first-order valence-electron chi connectivity index (χ1n) is 6.19. The number of carbonyl (C=O) groups excluding carboxylic acids is 1. The van der Waals surface area contributed by atoms with Crippen molar-refractivity contribution in [2.24, 2.45) is 5.92 Å². The van der Waals surface area contributed by atoms with Crippen LogP contribution >= 0.6 is 11.3 Å². The molecule has 17 heavy (non-hydrogen) atoms. The summed E-state index contributed by atoms with van der Waals surface area (Å²) in [5.41, 5.74) is 1.35. The lowest BCUT2D eigenvalue weighted by Crippen LogP contribution is -2.38. The Morgan fingerprint density at radius 2 is 2.53 bits per heavy atom. The first-order valence-corrected chi connectivity index (χ1v) is 7.14. The van der Waals surface area contributed by atoms with Crippen molar-refractivity contribution in [1.82, 2.24) is 4.90 Å². The molecule has 1 saturated heterocycles. The van der Waals surface area contributed by atoms with Crippen molar-refractivity contribution in [3.05, 3.63) is 22.4 Å². The minimum absolute atomic E-state index is 0.0254. The van der Waals surface area contributed by atoms with Gasteiger partial charge in [0.05, 0.1) is 12.5 Å². The van der Waals surface area contributed by atoms with E-state index in [0.717, 1.165) is 32.5 Å². The Hall–Kier alpha value is -0.870. The second-order valence-corrected chi connectivity index (χ2v) is 5.24. The quantitative estimate of drug-likeness (QED) is 0.772. The average Bonchev–Trinajstić information content (AvgIpc) is 2.82. The number of likely N-dealkylation sites (tertiary alicyclic amines) is 1. The summed E-state index contributed by atoms with van der Waals surface area (Å²) in [6.07, 6.45) is 2.06. The monoisotopic (exact) mass is 253 g/mol. The number of thiophene rings is 1. The molecule has 2 heterocycles. The highest BCUT2D eigenvalue weighted by atomic mass is 32.1. The van der Waals surface area contributed by atoms with Gasteiger partial charge in [-0.25, -0.2) is 0 Å². The Bertz CT molecular complexity index is 350. The van der Waals surface area contributed by atoms with Crippen molar-refractivity contribution in [2.45, 2.75) is 26.3 Å². The van der Waals surface area contributed by atoms with Gasteiger partial charge >= 0.3 is 5.97 Å². The van der Waals surface area contributed by atoms with E-state index in [4.69, 9.17) is 4.74 Å².